The smallest absolute Gasteiger partial charge is 0.0424 e. The molecular weight excluding hydrogens is 220 g/mol. The lowest BCUT2D eigenvalue weighted by Crippen LogP contribution is -2.32. The summed E-state index contributed by atoms with van der Waals surface area (Å²) < 4.78 is 0. The summed E-state index contributed by atoms with van der Waals surface area (Å²) in [4.78, 5) is 2.53. The van der Waals surface area contributed by atoms with E-state index in [1.165, 1.54) is 49.9 Å². The second kappa shape index (κ2) is 6.91. The van der Waals surface area contributed by atoms with Crippen LogP contribution >= 0.6 is 0 Å². The second-order valence-electron chi connectivity index (χ2n) is 5.42. The van der Waals surface area contributed by atoms with E-state index in [1.807, 2.05) is 0 Å². The largest absolute Gasteiger partial charge is 0.323 e. The molecule has 1 unspecified atom stereocenters. The van der Waals surface area contributed by atoms with E-state index in [1.54, 1.807) is 0 Å². The van der Waals surface area contributed by atoms with Crippen LogP contribution in [0.25, 0.3) is 0 Å². The molecule has 1 atom stereocenters. The molecule has 0 bridgehead atoms. The number of hydrogen-bond acceptors (Lipinski definition) is 2. The average molecular weight is 246 g/mol. The van der Waals surface area contributed by atoms with Gasteiger partial charge in [0.05, 0.1) is 0 Å². The summed E-state index contributed by atoms with van der Waals surface area (Å²) in [7, 11) is 0. The van der Waals surface area contributed by atoms with Gasteiger partial charge in [0, 0.05) is 12.6 Å². The molecule has 1 aromatic rings. The molecule has 1 aromatic carbocycles. The highest BCUT2D eigenvalue weighted by Crippen LogP contribution is 2.16. The van der Waals surface area contributed by atoms with Crippen LogP contribution in [0.1, 0.15) is 49.8 Å². The third-order valence-corrected chi connectivity index (χ3v) is 3.97. The molecule has 2 N–H and O–H groups in total. The normalized spacial score (nSPS) is 19.4. The zero-order valence-corrected chi connectivity index (χ0v) is 11.6. The van der Waals surface area contributed by atoms with Crippen molar-refractivity contribution in [2.24, 2.45) is 5.73 Å². The monoisotopic (exact) mass is 246 g/mol. The summed E-state index contributed by atoms with van der Waals surface area (Å²) in [5.74, 6) is 0. The molecule has 2 rings (SSSR count). The van der Waals surface area contributed by atoms with Gasteiger partial charge in [0.2, 0.25) is 0 Å². The number of aryl methyl sites for hydroxylation is 1. The molecule has 0 radical (unpaired) electrons. The third kappa shape index (κ3) is 3.82. The number of hydrogen-bond donors (Lipinski definition) is 1. The van der Waals surface area contributed by atoms with Gasteiger partial charge in [-0.3, -0.25) is 0 Å². The zero-order chi connectivity index (χ0) is 12.8. The highest BCUT2D eigenvalue weighted by atomic mass is 15.1. The molecule has 0 saturated carbocycles. The van der Waals surface area contributed by atoms with E-state index in [4.69, 9.17) is 5.73 Å². The molecule has 18 heavy (non-hydrogen) atoms. The van der Waals surface area contributed by atoms with Gasteiger partial charge in [-0.2, -0.15) is 0 Å². The summed E-state index contributed by atoms with van der Waals surface area (Å²) in [6.07, 6.45) is 6.54. The summed E-state index contributed by atoms with van der Waals surface area (Å²) in [5.41, 5.74) is 8.99. The first kappa shape index (κ1) is 13.6. The predicted octanol–water partition coefficient (Wildman–Crippen LogP) is 3.12. The Labute approximate surface area is 111 Å². The molecular formula is C16H26N2. The molecule has 0 aliphatic carbocycles. The molecule has 1 heterocycles. The lowest BCUT2D eigenvalue weighted by molar-refractivity contribution is 0.268. The maximum absolute atomic E-state index is 6.33. The summed E-state index contributed by atoms with van der Waals surface area (Å²) in [6, 6.07) is 8.96. The Morgan fingerprint density at radius 2 is 1.67 bits per heavy atom. The lowest BCUT2D eigenvalue weighted by Gasteiger charge is -2.24. The van der Waals surface area contributed by atoms with Crippen LogP contribution in [0.4, 0.5) is 0 Å². The van der Waals surface area contributed by atoms with Crippen molar-refractivity contribution in [1.29, 1.82) is 0 Å². The SMILES string of the molecule is CCc1ccc(C(N)CN2CCCCCC2)cc1. The van der Waals surface area contributed by atoms with Crippen molar-refractivity contribution >= 4 is 0 Å². The van der Waals surface area contributed by atoms with Gasteiger partial charge in [-0.05, 0) is 43.5 Å². The Morgan fingerprint density at radius 3 is 2.22 bits per heavy atom. The van der Waals surface area contributed by atoms with E-state index < -0.39 is 0 Å². The van der Waals surface area contributed by atoms with Gasteiger partial charge in [0.25, 0.3) is 0 Å². The molecule has 100 valence electrons. The fourth-order valence-electron chi connectivity index (χ4n) is 2.70. The summed E-state index contributed by atoms with van der Waals surface area (Å²) in [6.45, 7) is 5.64. The molecule has 0 spiro atoms. The Bertz CT molecular complexity index is 337. The van der Waals surface area contributed by atoms with E-state index in [-0.39, 0.29) is 6.04 Å². The topological polar surface area (TPSA) is 29.3 Å². The van der Waals surface area contributed by atoms with Gasteiger partial charge >= 0.3 is 0 Å². The van der Waals surface area contributed by atoms with Crippen molar-refractivity contribution in [3.8, 4) is 0 Å². The maximum Gasteiger partial charge on any atom is 0.0424 e. The van der Waals surface area contributed by atoms with Crippen molar-refractivity contribution in [2.75, 3.05) is 19.6 Å². The lowest BCUT2D eigenvalue weighted by atomic mass is 10.0. The first-order valence-electron chi connectivity index (χ1n) is 7.36. The molecule has 0 amide bonds. The van der Waals surface area contributed by atoms with E-state index in [0.29, 0.717) is 0 Å². The third-order valence-electron chi connectivity index (χ3n) is 3.97. The van der Waals surface area contributed by atoms with Crippen LogP contribution in [0.2, 0.25) is 0 Å². The van der Waals surface area contributed by atoms with Crippen LogP contribution in [-0.2, 0) is 6.42 Å². The second-order valence-corrected chi connectivity index (χ2v) is 5.42. The minimum Gasteiger partial charge on any atom is -0.323 e. The fraction of sp³-hybridized carbons (Fsp3) is 0.625. The first-order valence-corrected chi connectivity index (χ1v) is 7.36. The highest BCUT2D eigenvalue weighted by molar-refractivity contribution is 5.25. The van der Waals surface area contributed by atoms with E-state index in [0.717, 1.165) is 13.0 Å². The quantitative estimate of drug-likeness (QED) is 0.884. The number of rotatable bonds is 4. The first-order chi connectivity index (χ1) is 8.79. The summed E-state index contributed by atoms with van der Waals surface area (Å²) in [5, 5.41) is 0. The molecule has 0 aromatic heterocycles. The fourth-order valence-corrected chi connectivity index (χ4v) is 2.70. The number of nitrogens with zero attached hydrogens (tertiary/aromatic N) is 1. The van der Waals surface area contributed by atoms with Gasteiger partial charge in [0.1, 0.15) is 0 Å². The van der Waals surface area contributed by atoms with Gasteiger partial charge in [-0.15, -0.1) is 0 Å². The zero-order valence-electron chi connectivity index (χ0n) is 11.6. The minimum absolute atomic E-state index is 0.161. The van der Waals surface area contributed by atoms with E-state index >= 15 is 0 Å². The molecule has 1 aliphatic rings. The molecule has 2 nitrogen and oxygen atoms in total. The van der Waals surface area contributed by atoms with Crippen LogP contribution < -0.4 is 5.73 Å². The molecule has 2 heteroatoms. The van der Waals surface area contributed by atoms with Crippen molar-refractivity contribution in [3.63, 3.8) is 0 Å². The van der Waals surface area contributed by atoms with Crippen LogP contribution in [0.15, 0.2) is 24.3 Å². The van der Waals surface area contributed by atoms with Gasteiger partial charge < -0.3 is 10.6 Å². The Hall–Kier alpha value is -0.860. The van der Waals surface area contributed by atoms with E-state index in [2.05, 4.69) is 36.1 Å². The number of likely N-dealkylation sites (tertiary alicyclic amines) is 1. The van der Waals surface area contributed by atoms with Crippen molar-refractivity contribution in [1.82, 2.24) is 4.90 Å². The molecule has 1 saturated heterocycles. The van der Waals surface area contributed by atoms with Gasteiger partial charge in [0.15, 0.2) is 0 Å². The van der Waals surface area contributed by atoms with Crippen LogP contribution in [0.3, 0.4) is 0 Å². The Balaban J connectivity index is 1.90. The summed E-state index contributed by atoms with van der Waals surface area (Å²) >= 11 is 0. The van der Waals surface area contributed by atoms with Crippen molar-refractivity contribution < 1.29 is 0 Å². The Kier molecular flexibility index (Phi) is 5.21. The minimum atomic E-state index is 0.161. The van der Waals surface area contributed by atoms with Crippen molar-refractivity contribution in [3.05, 3.63) is 35.4 Å². The maximum atomic E-state index is 6.33. The van der Waals surface area contributed by atoms with Crippen LogP contribution in [0, 0.1) is 0 Å². The molecule has 1 fully saturated rings. The van der Waals surface area contributed by atoms with Gasteiger partial charge in [-0.1, -0.05) is 44.0 Å². The number of nitrogens with two attached hydrogens (primary N) is 1. The van der Waals surface area contributed by atoms with Crippen molar-refractivity contribution in [2.45, 2.75) is 45.1 Å². The molecule has 1 aliphatic heterocycles. The standard InChI is InChI=1S/C16H26N2/c1-2-14-7-9-15(10-8-14)16(17)13-18-11-5-3-4-6-12-18/h7-10,16H,2-6,11-13,17H2,1H3. The van der Waals surface area contributed by atoms with Crippen LogP contribution in [-0.4, -0.2) is 24.5 Å². The van der Waals surface area contributed by atoms with Crippen LogP contribution in [0.5, 0.6) is 0 Å². The van der Waals surface area contributed by atoms with E-state index in [9.17, 15) is 0 Å². The number of benzene rings is 1. The average Bonchev–Trinajstić information content (AvgIpc) is 2.67. The highest BCUT2D eigenvalue weighted by Gasteiger charge is 2.13. The Morgan fingerprint density at radius 1 is 1.06 bits per heavy atom. The van der Waals surface area contributed by atoms with Gasteiger partial charge in [-0.25, -0.2) is 0 Å². The predicted molar refractivity (Wildman–Crippen MR) is 77.7 cm³/mol.